The number of carbonyl (C=O) groups is 3. The average molecular weight is 323 g/mol. The highest BCUT2D eigenvalue weighted by atomic mass is 16.6. The Bertz CT molecular complexity index is 830. The maximum Gasteiger partial charge on any atom is 0.320 e. The van der Waals surface area contributed by atoms with Crippen LogP contribution in [0.15, 0.2) is 48.5 Å². The zero-order valence-corrected chi connectivity index (χ0v) is 12.5. The summed E-state index contributed by atoms with van der Waals surface area (Å²) in [6.07, 6.45) is -0.995. The lowest BCUT2D eigenvalue weighted by Crippen LogP contribution is -2.30. The highest BCUT2D eigenvalue weighted by Gasteiger charge is 2.45. The van der Waals surface area contributed by atoms with E-state index in [0.29, 0.717) is 0 Å². The Labute approximate surface area is 137 Å². The van der Waals surface area contributed by atoms with E-state index in [0.717, 1.165) is 22.3 Å². The third-order valence-electron chi connectivity index (χ3n) is 4.42. The number of amides is 2. The van der Waals surface area contributed by atoms with Gasteiger partial charge < -0.3 is 4.74 Å². The summed E-state index contributed by atoms with van der Waals surface area (Å²) in [5, 5.41) is 9.28. The summed E-state index contributed by atoms with van der Waals surface area (Å²) in [5.41, 5.74) is 3.63. The van der Waals surface area contributed by atoms with Crippen molar-refractivity contribution in [3.8, 4) is 11.1 Å². The topological polar surface area (TPSA) is 83.9 Å². The fourth-order valence-corrected chi connectivity index (χ4v) is 3.24. The van der Waals surface area contributed by atoms with Crippen LogP contribution in [0.3, 0.4) is 0 Å². The number of hydrogen-bond donors (Lipinski definition) is 1. The minimum Gasteiger partial charge on any atom is -0.452 e. The van der Waals surface area contributed by atoms with E-state index in [1.165, 1.54) is 0 Å². The molecule has 1 heterocycles. The molecule has 2 aromatic carbocycles. The molecule has 2 aliphatic rings. The summed E-state index contributed by atoms with van der Waals surface area (Å²) < 4.78 is 5.57. The van der Waals surface area contributed by atoms with Crippen molar-refractivity contribution < 1.29 is 24.3 Å². The number of esters is 1. The van der Waals surface area contributed by atoms with Crippen molar-refractivity contribution in [3.05, 3.63) is 59.7 Å². The van der Waals surface area contributed by atoms with E-state index < -0.39 is 29.8 Å². The van der Waals surface area contributed by atoms with Crippen molar-refractivity contribution in [2.24, 2.45) is 5.92 Å². The first-order chi connectivity index (χ1) is 11.6. The zero-order valence-electron chi connectivity index (χ0n) is 12.5. The largest absolute Gasteiger partial charge is 0.452 e. The van der Waals surface area contributed by atoms with Crippen LogP contribution < -0.4 is 0 Å². The summed E-state index contributed by atoms with van der Waals surface area (Å²) in [6, 6.07) is 15.1. The van der Waals surface area contributed by atoms with Crippen LogP contribution in [-0.2, 0) is 19.1 Å². The van der Waals surface area contributed by atoms with Gasteiger partial charge in [0.25, 0.3) is 11.8 Å². The Kier molecular flexibility index (Phi) is 3.21. The molecule has 1 aliphatic carbocycles. The lowest BCUT2D eigenvalue weighted by Gasteiger charge is -2.16. The Balaban J connectivity index is 1.67. The van der Waals surface area contributed by atoms with Crippen LogP contribution in [-0.4, -0.2) is 28.1 Å². The van der Waals surface area contributed by atoms with E-state index in [2.05, 4.69) is 0 Å². The first-order valence-corrected chi connectivity index (χ1v) is 7.52. The minimum absolute atomic E-state index is 0.0114. The first kappa shape index (κ1) is 14.6. The smallest absolute Gasteiger partial charge is 0.320 e. The van der Waals surface area contributed by atoms with Crippen molar-refractivity contribution in [3.63, 3.8) is 0 Å². The quantitative estimate of drug-likeness (QED) is 0.396. The van der Waals surface area contributed by atoms with E-state index in [4.69, 9.17) is 4.74 Å². The summed E-state index contributed by atoms with van der Waals surface area (Å²) >= 11 is 0. The van der Waals surface area contributed by atoms with Gasteiger partial charge in [-0.1, -0.05) is 48.5 Å². The minimum atomic E-state index is -1.29. The van der Waals surface area contributed by atoms with Crippen molar-refractivity contribution >= 4 is 17.8 Å². The molecule has 1 unspecified atom stereocenters. The van der Waals surface area contributed by atoms with Crippen molar-refractivity contribution in [2.45, 2.75) is 12.5 Å². The lowest BCUT2D eigenvalue weighted by atomic mass is 10.1. The molecular weight excluding hydrogens is 310 g/mol. The zero-order chi connectivity index (χ0) is 16.8. The van der Waals surface area contributed by atoms with Crippen LogP contribution in [0.4, 0.5) is 0 Å². The molecule has 1 atom stereocenters. The monoisotopic (exact) mass is 323 g/mol. The summed E-state index contributed by atoms with van der Waals surface area (Å²) in [7, 11) is 0. The molecule has 0 aromatic heterocycles. The third kappa shape index (κ3) is 2.04. The number of benzene rings is 2. The van der Waals surface area contributed by atoms with Crippen LogP contribution in [0.1, 0.15) is 23.7 Å². The van der Waals surface area contributed by atoms with Gasteiger partial charge in [0.05, 0.1) is 6.42 Å². The molecule has 120 valence electrons. The number of carbonyl (C=O) groups excluding carboxylic acids is 3. The molecule has 1 N–H and O–H groups in total. The molecule has 1 aliphatic heterocycles. The number of fused-ring (bicyclic) bond motifs is 3. The Morgan fingerprint density at radius 1 is 1.00 bits per heavy atom. The fraction of sp³-hybridized carbons (Fsp3) is 0.167. The highest BCUT2D eigenvalue weighted by Crippen LogP contribution is 2.45. The Morgan fingerprint density at radius 2 is 1.54 bits per heavy atom. The SMILES string of the molecule is O=C(OC1c2ccccc2-c2ccccc21)C1CC(=O)N(O)C1=O. The van der Waals surface area contributed by atoms with Gasteiger partial charge in [-0.25, -0.2) is 0 Å². The molecule has 0 radical (unpaired) electrons. The first-order valence-electron chi connectivity index (χ1n) is 7.52. The molecule has 6 nitrogen and oxygen atoms in total. The fourth-order valence-electron chi connectivity index (χ4n) is 3.24. The molecule has 2 aromatic rings. The molecule has 1 saturated heterocycles. The molecule has 24 heavy (non-hydrogen) atoms. The second-order valence-corrected chi connectivity index (χ2v) is 5.79. The van der Waals surface area contributed by atoms with Crippen LogP contribution in [0, 0.1) is 5.92 Å². The van der Waals surface area contributed by atoms with Crippen LogP contribution >= 0.6 is 0 Å². The van der Waals surface area contributed by atoms with Crippen LogP contribution in [0.5, 0.6) is 0 Å². The summed E-state index contributed by atoms with van der Waals surface area (Å²) in [4.78, 5) is 35.5. The van der Waals surface area contributed by atoms with Crippen molar-refractivity contribution in [1.82, 2.24) is 5.06 Å². The number of nitrogens with zero attached hydrogens (tertiary/aromatic N) is 1. The molecule has 1 fully saturated rings. The van der Waals surface area contributed by atoms with Gasteiger partial charge in [0.15, 0.2) is 6.10 Å². The van der Waals surface area contributed by atoms with Gasteiger partial charge >= 0.3 is 5.97 Å². The number of imide groups is 1. The van der Waals surface area contributed by atoms with Gasteiger partial charge in [0.1, 0.15) is 5.92 Å². The molecule has 0 saturated carbocycles. The maximum atomic E-state index is 12.4. The van der Waals surface area contributed by atoms with Crippen LogP contribution in [0.2, 0.25) is 0 Å². The number of ether oxygens (including phenoxy) is 1. The van der Waals surface area contributed by atoms with Crippen molar-refractivity contribution in [1.29, 1.82) is 0 Å². The Morgan fingerprint density at radius 3 is 2.04 bits per heavy atom. The van der Waals surface area contributed by atoms with E-state index in [9.17, 15) is 19.6 Å². The summed E-state index contributed by atoms with van der Waals surface area (Å²) in [5.74, 6) is -3.83. The van der Waals surface area contributed by atoms with Gasteiger partial charge in [-0.3, -0.25) is 19.6 Å². The lowest BCUT2D eigenvalue weighted by molar-refractivity contribution is -0.174. The van der Waals surface area contributed by atoms with E-state index in [1.54, 1.807) is 0 Å². The molecular formula is C18H13NO5. The maximum absolute atomic E-state index is 12.4. The summed E-state index contributed by atoms with van der Waals surface area (Å²) in [6.45, 7) is 0. The molecule has 0 bridgehead atoms. The molecule has 4 rings (SSSR count). The number of rotatable bonds is 2. The predicted octanol–water partition coefficient (Wildman–Crippen LogP) is 2.06. The second kappa shape index (κ2) is 5.28. The van der Waals surface area contributed by atoms with Crippen molar-refractivity contribution in [2.75, 3.05) is 0 Å². The predicted molar refractivity (Wildman–Crippen MR) is 81.6 cm³/mol. The van der Waals surface area contributed by atoms with E-state index in [1.807, 2.05) is 48.5 Å². The normalized spacial score (nSPS) is 19.4. The number of hydroxylamine groups is 2. The van der Waals surface area contributed by atoms with Gasteiger partial charge in [-0.05, 0) is 11.1 Å². The van der Waals surface area contributed by atoms with Gasteiger partial charge in [0, 0.05) is 11.1 Å². The van der Waals surface area contributed by atoms with E-state index >= 15 is 0 Å². The van der Waals surface area contributed by atoms with Gasteiger partial charge in [0.2, 0.25) is 0 Å². The van der Waals surface area contributed by atoms with E-state index in [-0.39, 0.29) is 11.5 Å². The number of hydrogen-bond acceptors (Lipinski definition) is 5. The molecule has 6 heteroatoms. The third-order valence-corrected chi connectivity index (χ3v) is 4.42. The van der Waals surface area contributed by atoms with Gasteiger partial charge in [-0.2, -0.15) is 5.06 Å². The molecule has 0 spiro atoms. The van der Waals surface area contributed by atoms with Crippen LogP contribution in [0.25, 0.3) is 11.1 Å². The average Bonchev–Trinajstić information content (AvgIpc) is 3.05. The molecule has 2 amide bonds. The Hall–Kier alpha value is -2.99. The highest BCUT2D eigenvalue weighted by molar-refractivity contribution is 6.11. The second-order valence-electron chi connectivity index (χ2n) is 5.79. The standard InChI is InChI=1S/C18H13NO5/c20-15-9-14(17(21)19(15)23)18(22)24-16-12-7-3-1-5-10(12)11-6-2-4-8-13(11)16/h1-8,14,16,23H,9H2. The van der Waals surface area contributed by atoms with Gasteiger partial charge in [-0.15, -0.1) is 0 Å².